The van der Waals surface area contributed by atoms with Crippen LogP contribution >= 0.6 is 0 Å². The first-order valence-electron chi connectivity index (χ1n) is 6.48. The van der Waals surface area contributed by atoms with E-state index in [0.29, 0.717) is 5.69 Å². The topological polar surface area (TPSA) is 95.8 Å². The predicted molar refractivity (Wildman–Crippen MR) is 81.5 cm³/mol. The Kier molecular flexibility index (Phi) is 3.42. The lowest BCUT2D eigenvalue weighted by atomic mass is 9.97. The summed E-state index contributed by atoms with van der Waals surface area (Å²) in [4.78, 5) is 12.3. The number of amides is 1. The van der Waals surface area contributed by atoms with Crippen molar-refractivity contribution in [2.75, 3.05) is 5.32 Å². The Bertz CT molecular complexity index is 860. The summed E-state index contributed by atoms with van der Waals surface area (Å²) in [7, 11) is -3.97. The minimum Gasteiger partial charge on any atom is -0.495 e. The van der Waals surface area contributed by atoms with Gasteiger partial charge in [0, 0.05) is 5.69 Å². The molecule has 1 atom stereocenters. The van der Waals surface area contributed by atoms with Crippen molar-refractivity contribution in [1.29, 1.82) is 0 Å². The molecule has 0 fully saturated rings. The van der Waals surface area contributed by atoms with E-state index < -0.39 is 27.7 Å². The van der Waals surface area contributed by atoms with Gasteiger partial charge in [-0.15, -0.1) is 4.40 Å². The van der Waals surface area contributed by atoms with Gasteiger partial charge in [0.25, 0.3) is 10.0 Å². The molecule has 22 heavy (non-hydrogen) atoms. The maximum atomic E-state index is 12.4. The van der Waals surface area contributed by atoms with E-state index in [1.165, 1.54) is 12.1 Å². The maximum Gasteiger partial charge on any atom is 0.285 e. The molecule has 7 heteroatoms. The van der Waals surface area contributed by atoms with Crippen molar-refractivity contribution >= 4 is 27.5 Å². The lowest BCUT2D eigenvalue weighted by Crippen LogP contribution is -2.32. The first-order chi connectivity index (χ1) is 10.5. The molecule has 0 bridgehead atoms. The zero-order chi connectivity index (χ0) is 15.7. The number of sulfonamides is 1. The molecule has 0 saturated carbocycles. The lowest BCUT2D eigenvalue weighted by molar-refractivity contribution is -0.116. The van der Waals surface area contributed by atoms with Gasteiger partial charge in [0.05, 0.1) is 4.90 Å². The standard InChI is InChI=1S/C15H12N2O4S/c18-14(16-10-6-2-1-3-7-10)13-11-8-4-5-9-12(11)22(20,21)17-15(13)19/h1-9,13H,(H,16,18)(H,17,19). The van der Waals surface area contributed by atoms with Gasteiger partial charge in [-0.05, 0) is 23.8 Å². The molecule has 0 saturated heterocycles. The van der Waals surface area contributed by atoms with Crippen molar-refractivity contribution in [2.45, 2.75) is 10.8 Å². The minimum atomic E-state index is -3.97. The first kappa shape index (κ1) is 14.3. The van der Waals surface area contributed by atoms with E-state index in [-0.39, 0.29) is 10.5 Å². The van der Waals surface area contributed by atoms with Crippen molar-refractivity contribution < 1.29 is 18.3 Å². The van der Waals surface area contributed by atoms with E-state index in [2.05, 4.69) is 9.71 Å². The zero-order valence-corrected chi connectivity index (χ0v) is 12.1. The molecule has 0 spiro atoms. The Morgan fingerprint density at radius 1 is 1.05 bits per heavy atom. The van der Waals surface area contributed by atoms with Crippen LogP contribution in [0.5, 0.6) is 0 Å². The van der Waals surface area contributed by atoms with Gasteiger partial charge in [-0.1, -0.05) is 36.4 Å². The van der Waals surface area contributed by atoms with Crippen LogP contribution in [0.4, 0.5) is 5.69 Å². The number of fused-ring (bicyclic) bond motifs is 1. The molecule has 2 N–H and O–H groups in total. The van der Waals surface area contributed by atoms with E-state index in [0.717, 1.165) is 0 Å². The van der Waals surface area contributed by atoms with Gasteiger partial charge < -0.3 is 10.4 Å². The van der Waals surface area contributed by atoms with Crippen molar-refractivity contribution in [1.82, 2.24) is 0 Å². The number of hydrogen-bond acceptors (Lipinski definition) is 3. The highest BCUT2D eigenvalue weighted by Crippen LogP contribution is 2.32. The molecular formula is C15H12N2O4S. The van der Waals surface area contributed by atoms with Gasteiger partial charge in [0.1, 0.15) is 5.92 Å². The normalized spacial score (nSPS) is 18.9. The van der Waals surface area contributed by atoms with Crippen LogP contribution < -0.4 is 5.32 Å². The average Bonchev–Trinajstić information content (AvgIpc) is 2.47. The number of anilines is 1. The summed E-state index contributed by atoms with van der Waals surface area (Å²) in [6, 6.07) is 14.7. The number of rotatable bonds is 2. The van der Waals surface area contributed by atoms with Crippen LogP contribution in [-0.2, 0) is 14.8 Å². The van der Waals surface area contributed by atoms with Gasteiger partial charge in [0.2, 0.25) is 11.8 Å². The van der Waals surface area contributed by atoms with Crippen LogP contribution in [0.3, 0.4) is 0 Å². The van der Waals surface area contributed by atoms with Crippen molar-refractivity contribution in [2.24, 2.45) is 4.40 Å². The smallest absolute Gasteiger partial charge is 0.285 e. The minimum absolute atomic E-state index is 0.0685. The Morgan fingerprint density at radius 3 is 2.41 bits per heavy atom. The predicted octanol–water partition coefficient (Wildman–Crippen LogP) is 2.07. The third-order valence-corrected chi connectivity index (χ3v) is 4.64. The van der Waals surface area contributed by atoms with Gasteiger partial charge >= 0.3 is 0 Å². The second-order valence-electron chi connectivity index (χ2n) is 4.75. The molecule has 2 aromatic carbocycles. The number of hydrogen-bond donors (Lipinski definition) is 2. The number of carbonyl (C=O) groups excluding carboxylic acids is 1. The fourth-order valence-electron chi connectivity index (χ4n) is 2.31. The Morgan fingerprint density at radius 2 is 1.68 bits per heavy atom. The van der Waals surface area contributed by atoms with Crippen molar-refractivity contribution in [3.8, 4) is 0 Å². The fraction of sp³-hybridized carbons (Fsp3) is 0.0667. The highest BCUT2D eigenvalue weighted by Gasteiger charge is 2.37. The van der Waals surface area contributed by atoms with E-state index in [1.54, 1.807) is 42.5 Å². The number of nitrogens with one attached hydrogen (secondary N) is 1. The molecule has 1 unspecified atom stereocenters. The molecule has 0 radical (unpaired) electrons. The van der Waals surface area contributed by atoms with Crippen LogP contribution in [0.1, 0.15) is 11.5 Å². The molecule has 1 amide bonds. The number of aliphatic hydroxyl groups excluding tert-OH is 1. The third kappa shape index (κ3) is 2.46. The van der Waals surface area contributed by atoms with E-state index in [9.17, 15) is 18.3 Å². The van der Waals surface area contributed by atoms with Crippen LogP contribution in [-0.4, -0.2) is 25.3 Å². The fourth-order valence-corrected chi connectivity index (χ4v) is 3.50. The molecule has 1 aliphatic rings. The first-order valence-corrected chi connectivity index (χ1v) is 7.92. The summed E-state index contributed by atoms with van der Waals surface area (Å²) in [5.41, 5.74) is 0.759. The number of carbonyl (C=O) groups is 1. The summed E-state index contributed by atoms with van der Waals surface area (Å²) in [6.45, 7) is 0. The number of benzene rings is 2. The van der Waals surface area contributed by atoms with Crippen molar-refractivity contribution in [3.05, 3.63) is 60.2 Å². The highest BCUT2D eigenvalue weighted by molar-refractivity contribution is 7.90. The van der Waals surface area contributed by atoms with E-state index in [1.807, 2.05) is 0 Å². The Hall–Kier alpha value is -2.67. The third-order valence-electron chi connectivity index (χ3n) is 3.28. The van der Waals surface area contributed by atoms with E-state index in [4.69, 9.17) is 0 Å². The molecule has 0 aromatic heterocycles. The summed E-state index contributed by atoms with van der Waals surface area (Å²) in [5.74, 6) is -2.43. The molecule has 0 aliphatic carbocycles. The van der Waals surface area contributed by atoms with Crippen LogP contribution in [0.15, 0.2) is 63.9 Å². The van der Waals surface area contributed by atoms with Crippen LogP contribution in [0.2, 0.25) is 0 Å². The lowest BCUT2D eigenvalue weighted by Gasteiger charge is -2.21. The quantitative estimate of drug-likeness (QED) is 0.886. The molecule has 1 aliphatic heterocycles. The molecule has 6 nitrogen and oxygen atoms in total. The molecule has 3 rings (SSSR count). The molecule has 112 valence electrons. The summed E-state index contributed by atoms with van der Waals surface area (Å²) in [6.07, 6.45) is 0. The molecular weight excluding hydrogens is 304 g/mol. The largest absolute Gasteiger partial charge is 0.495 e. The Labute approximate surface area is 127 Å². The van der Waals surface area contributed by atoms with Crippen LogP contribution in [0, 0.1) is 0 Å². The second-order valence-corrected chi connectivity index (χ2v) is 6.32. The summed E-state index contributed by atoms with van der Waals surface area (Å²) >= 11 is 0. The van der Waals surface area contributed by atoms with Gasteiger partial charge in [-0.3, -0.25) is 4.79 Å². The average molecular weight is 316 g/mol. The number of nitrogens with zero attached hydrogens (tertiary/aromatic N) is 1. The zero-order valence-electron chi connectivity index (χ0n) is 11.3. The molecule has 1 heterocycles. The monoisotopic (exact) mass is 316 g/mol. The summed E-state index contributed by atoms with van der Waals surface area (Å²) in [5, 5.41) is 12.5. The van der Waals surface area contributed by atoms with Gasteiger partial charge in [-0.2, -0.15) is 8.42 Å². The summed E-state index contributed by atoms with van der Waals surface area (Å²) < 4.78 is 27.1. The van der Waals surface area contributed by atoms with Gasteiger partial charge in [-0.25, -0.2) is 0 Å². The maximum absolute atomic E-state index is 12.4. The van der Waals surface area contributed by atoms with E-state index >= 15 is 0 Å². The molecule has 2 aromatic rings. The SMILES string of the molecule is O=C(Nc1ccccc1)C1C(O)=NS(=O)(=O)c2ccccc21. The number of aliphatic hydroxyl groups is 1. The van der Waals surface area contributed by atoms with Crippen LogP contribution in [0.25, 0.3) is 0 Å². The number of para-hydroxylation sites is 1. The highest BCUT2D eigenvalue weighted by atomic mass is 32.2. The van der Waals surface area contributed by atoms with Gasteiger partial charge in [0.15, 0.2) is 0 Å². The second kappa shape index (κ2) is 5.27. The van der Waals surface area contributed by atoms with Crippen molar-refractivity contribution in [3.63, 3.8) is 0 Å². The Balaban J connectivity index is 2.02.